The first kappa shape index (κ1) is 23.9. The Hall–Kier alpha value is -2.79. The molecule has 1 fully saturated rings. The van der Waals surface area contributed by atoms with Gasteiger partial charge in [0.05, 0.1) is 5.71 Å². The monoisotopic (exact) mass is 433 g/mol. The topological polar surface area (TPSA) is 54.8 Å². The molecule has 32 heavy (non-hydrogen) atoms. The highest BCUT2D eigenvalue weighted by Crippen LogP contribution is 2.28. The van der Waals surface area contributed by atoms with Crippen molar-refractivity contribution in [3.05, 3.63) is 59.4 Å². The summed E-state index contributed by atoms with van der Waals surface area (Å²) < 4.78 is 5.14. The summed E-state index contributed by atoms with van der Waals surface area (Å²) in [6.45, 7) is 13.3. The quantitative estimate of drug-likeness (QED) is 0.617. The number of aromatic nitrogens is 1. The van der Waals surface area contributed by atoms with Crippen LogP contribution in [0.15, 0.2) is 53.3 Å². The molecule has 0 radical (unpaired) electrons. The fourth-order valence-electron chi connectivity index (χ4n) is 4.22. The number of rotatable bonds is 3. The summed E-state index contributed by atoms with van der Waals surface area (Å²) in [7, 11) is 1.81. The lowest BCUT2D eigenvalue weighted by Crippen LogP contribution is -2.37. The predicted molar refractivity (Wildman–Crippen MR) is 133 cm³/mol. The van der Waals surface area contributed by atoms with Gasteiger partial charge in [-0.25, -0.2) is 0 Å². The molecule has 1 saturated heterocycles. The van der Waals surface area contributed by atoms with Crippen LogP contribution in [0.2, 0.25) is 0 Å². The van der Waals surface area contributed by atoms with Crippen LogP contribution in [0.1, 0.15) is 51.2 Å². The number of carbonyl (C=O) groups is 1. The highest BCUT2D eigenvalue weighted by Gasteiger charge is 2.23. The van der Waals surface area contributed by atoms with Crippen LogP contribution >= 0.6 is 0 Å². The van der Waals surface area contributed by atoms with Crippen molar-refractivity contribution in [3.8, 4) is 0 Å². The number of hydrogen-bond acceptors (Lipinski definition) is 4. The van der Waals surface area contributed by atoms with E-state index in [0.29, 0.717) is 6.54 Å². The molecule has 5 nitrogen and oxygen atoms in total. The summed E-state index contributed by atoms with van der Waals surface area (Å²) in [4.78, 5) is 22.7. The average Bonchev–Trinajstić information content (AvgIpc) is 2.81. The third-order valence-corrected chi connectivity index (χ3v) is 6.40. The van der Waals surface area contributed by atoms with Crippen LogP contribution < -0.4 is 0 Å². The standard InChI is InChI=1S/C21H23N3O.C6H12O/c1-5-16-11-23-12-19-17(16)7-6-8-18(19)21(22-4)20-13-24(15(3)25)10-9-14(20)2;1-6-2-4-7-5-3-6/h5-8,11-12H,1,9-10,13H2,2-4H3;6H,2-5H2,1H3. The molecule has 0 saturated carbocycles. The summed E-state index contributed by atoms with van der Waals surface area (Å²) in [6, 6.07) is 6.19. The lowest BCUT2D eigenvalue weighted by molar-refractivity contribution is -0.128. The second-order valence-electron chi connectivity index (χ2n) is 8.65. The molecule has 2 aliphatic rings. The Labute approximate surface area is 191 Å². The Morgan fingerprint density at radius 3 is 2.59 bits per heavy atom. The van der Waals surface area contributed by atoms with Gasteiger partial charge in [0, 0.05) is 69.2 Å². The number of hydrogen-bond donors (Lipinski definition) is 0. The van der Waals surface area contributed by atoms with Crippen molar-refractivity contribution in [2.24, 2.45) is 10.9 Å². The van der Waals surface area contributed by atoms with E-state index in [2.05, 4.69) is 42.5 Å². The van der Waals surface area contributed by atoms with Crippen molar-refractivity contribution in [1.29, 1.82) is 0 Å². The number of amides is 1. The van der Waals surface area contributed by atoms with Crippen molar-refractivity contribution in [2.45, 2.75) is 40.0 Å². The van der Waals surface area contributed by atoms with E-state index in [1.807, 2.05) is 36.5 Å². The van der Waals surface area contributed by atoms with Crippen LogP contribution in [0.5, 0.6) is 0 Å². The maximum absolute atomic E-state index is 11.8. The summed E-state index contributed by atoms with van der Waals surface area (Å²) in [5, 5.41) is 2.17. The summed E-state index contributed by atoms with van der Waals surface area (Å²) in [5.74, 6) is 1.02. The Balaban J connectivity index is 0.000000352. The molecule has 2 aliphatic heterocycles. The maximum Gasteiger partial charge on any atom is 0.219 e. The molecule has 0 spiro atoms. The van der Waals surface area contributed by atoms with E-state index in [0.717, 1.165) is 65.3 Å². The molecule has 2 aromatic rings. The number of fused-ring (bicyclic) bond motifs is 1. The van der Waals surface area contributed by atoms with E-state index in [1.54, 1.807) is 6.92 Å². The van der Waals surface area contributed by atoms with Crippen molar-refractivity contribution in [1.82, 2.24) is 9.88 Å². The molecule has 0 bridgehead atoms. The smallest absolute Gasteiger partial charge is 0.219 e. The molecular weight excluding hydrogens is 398 g/mol. The molecular formula is C27H35N3O2. The van der Waals surface area contributed by atoms with Gasteiger partial charge in [0.2, 0.25) is 5.91 Å². The van der Waals surface area contributed by atoms with Gasteiger partial charge < -0.3 is 9.64 Å². The van der Waals surface area contributed by atoms with Crippen molar-refractivity contribution >= 4 is 28.5 Å². The molecule has 1 aromatic heterocycles. The third-order valence-electron chi connectivity index (χ3n) is 6.40. The van der Waals surface area contributed by atoms with Crippen LogP contribution in [0.25, 0.3) is 16.8 Å². The van der Waals surface area contributed by atoms with Crippen LogP contribution in [-0.4, -0.2) is 54.9 Å². The molecule has 0 atom stereocenters. The number of carbonyl (C=O) groups excluding carboxylic acids is 1. The second kappa shape index (κ2) is 11.2. The van der Waals surface area contributed by atoms with Crippen LogP contribution in [-0.2, 0) is 9.53 Å². The predicted octanol–water partition coefficient (Wildman–Crippen LogP) is 5.30. The number of nitrogens with zero attached hydrogens (tertiary/aromatic N) is 3. The fourth-order valence-corrected chi connectivity index (χ4v) is 4.22. The SMILES string of the molecule is C=Cc1cncc2c(C(=NC)C3=C(C)CCN(C(C)=O)C3)cccc12.CC1CCOCC1. The van der Waals surface area contributed by atoms with E-state index in [9.17, 15) is 4.79 Å². The van der Waals surface area contributed by atoms with Gasteiger partial charge >= 0.3 is 0 Å². The van der Waals surface area contributed by atoms with Gasteiger partial charge in [-0.15, -0.1) is 0 Å². The molecule has 1 amide bonds. The largest absolute Gasteiger partial charge is 0.381 e. The van der Waals surface area contributed by atoms with E-state index in [1.165, 1.54) is 18.4 Å². The zero-order chi connectivity index (χ0) is 23.1. The lowest BCUT2D eigenvalue weighted by Gasteiger charge is -2.30. The minimum Gasteiger partial charge on any atom is -0.381 e. The zero-order valence-corrected chi connectivity index (χ0v) is 19.9. The molecule has 4 rings (SSSR count). The second-order valence-corrected chi connectivity index (χ2v) is 8.65. The number of aliphatic imine (C=N–C) groups is 1. The maximum atomic E-state index is 11.8. The number of ether oxygens (including phenoxy) is 1. The van der Waals surface area contributed by atoms with Crippen molar-refractivity contribution in [2.75, 3.05) is 33.4 Å². The molecule has 3 heterocycles. The minimum atomic E-state index is 0.106. The third kappa shape index (κ3) is 5.52. The minimum absolute atomic E-state index is 0.106. The van der Waals surface area contributed by atoms with E-state index in [-0.39, 0.29) is 5.91 Å². The van der Waals surface area contributed by atoms with E-state index >= 15 is 0 Å². The normalized spacial score (nSPS) is 17.8. The van der Waals surface area contributed by atoms with Gasteiger partial charge in [-0.2, -0.15) is 0 Å². The Kier molecular flexibility index (Phi) is 8.34. The zero-order valence-electron chi connectivity index (χ0n) is 19.9. The number of pyridine rings is 1. The molecule has 1 aromatic carbocycles. The summed E-state index contributed by atoms with van der Waals surface area (Å²) in [6.07, 6.45) is 8.94. The van der Waals surface area contributed by atoms with Gasteiger partial charge in [0.25, 0.3) is 0 Å². The molecule has 0 unspecified atom stereocenters. The van der Waals surface area contributed by atoms with Gasteiger partial charge in [-0.3, -0.25) is 14.8 Å². The summed E-state index contributed by atoms with van der Waals surface area (Å²) in [5.41, 5.74) is 5.44. The van der Waals surface area contributed by atoms with Gasteiger partial charge in [0.15, 0.2) is 0 Å². The molecule has 0 N–H and O–H groups in total. The fraction of sp³-hybridized carbons (Fsp3) is 0.444. The molecule has 170 valence electrons. The Morgan fingerprint density at radius 2 is 2.00 bits per heavy atom. The van der Waals surface area contributed by atoms with Crippen LogP contribution in [0.3, 0.4) is 0 Å². The van der Waals surface area contributed by atoms with Crippen molar-refractivity contribution in [3.63, 3.8) is 0 Å². The highest BCUT2D eigenvalue weighted by molar-refractivity contribution is 6.20. The van der Waals surface area contributed by atoms with E-state index in [4.69, 9.17) is 4.74 Å². The Morgan fingerprint density at radius 1 is 1.25 bits per heavy atom. The average molecular weight is 434 g/mol. The van der Waals surface area contributed by atoms with Crippen LogP contribution in [0, 0.1) is 5.92 Å². The van der Waals surface area contributed by atoms with E-state index < -0.39 is 0 Å². The van der Waals surface area contributed by atoms with Gasteiger partial charge in [0.1, 0.15) is 0 Å². The first-order valence-electron chi connectivity index (χ1n) is 11.4. The van der Waals surface area contributed by atoms with Crippen molar-refractivity contribution < 1.29 is 9.53 Å². The lowest BCUT2D eigenvalue weighted by atomic mass is 9.90. The Bertz CT molecular complexity index is 1030. The van der Waals surface area contributed by atoms with Gasteiger partial charge in [-0.1, -0.05) is 43.4 Å². The molecule has 5 heteroatoms. The van der Waals surface area contributed by atoms with Crippen LogP contribution in [0.4, 0.5) is 0 Å². The first-order valence-corrected chi connectivity index (χ1v) is 11.4. The first-order chi connectivity index (χ1) is 15.5. The molecule has 0 aliphatic carbocycles. The van der Waals surface area contributed by atoms with Gasteiger partial charge in [-0.05, 0) is 43.1 Å². The highest BCUT2D eigenvalue weighted by atomic mass is 16.5. The summed E-state index contributed by atoms with van der Waals surface area (Å²) >= 11 is 0. The number of benzene rings is 1.